The average molecular weight is 2040 g/mol. The highest BCUT2D eigenvalue weighted by Gasteiger charge is 2.65. The average Bonchev–Trinajstić information content (AvgIpc) is 1.57. The summed E-state index contributed by atoms with van der Waals surface area (Å²) >= 11 is 0. The summed E-state index contributed by atoms with van der Waals surface area (Å²) in [5.41, 5.74) is -0.200. The molecule has 28 nitrogen and oxygen atoms in total. The van der Waals surface area contributed by atoms with E-state index in [-0.39, 0.29) is 99.7 Å². The maximum Gasteiger partial charge on any atom is 0.427 e. The fourth-order valence-electron chi connectivity index (χ4n) is 19.9. The molecule has 0 unspecified atom stereocenters. The lowest BCUT2D eigenvalue weighted by Gasteiger charge is -2.35. The molecule has 34 heteroatoms. The van der Waals surface area contributed by atoms with Crippen molar-refractivity contribution in [2.45, 2.75) is 256 Å². The van der Waals surface area contributed by atoms with Crippen LogP contribution >= 0.6 is 0 Å². The molecule has 16 rings (SSSR count). The topological polar surface area (TPSA) is 364 Å². The number of allylic oxidation sites excluding steroid dienone is 4. The largest absolute Gasteiger partial charge is 0.460 e. The Kier molecular flexibility index (Phi) is 31.8. The first kappa shape index (κ1) is 108. The van der Waals surface area contributed by atoms with Crippen LogP contribution in [0.3, 0.4) is 0 Å². The summed E-state index contributed by atoms with van der Waals surface area (Å²) < 4.78 is 134. The second kappa shape index (κ2) is 42.4. The molecule has 774 valence electrons. The molecule has 0 radical (unpaired) electrons. The summed E-state index contributed by atoms with van der Waals surface area (Å²) in [7, 11) is -11.5. The Labute approximate surface area is 844 Å². The van der Waals surface area contributed by atoms with Crippen molar-refractivity contribution in [2.75, 3.05) is 54.3 Å². The van der Waals surface area contributed by atoms with E-state index in [9.17, 15) is 91.2 Å². The summed E-state index contributed by atoms with van der Waals surface area (Å²) in [4.78, 5) is 162. The number of nitrogens with one attached hydrogen (secondary N) is 3. The van der Waals surface area contributed by atoms with Crippen molar-refractivity contribution in [3.63, 3.8) is 0 Å². The summed E-state index contributed by atoms with van der Waals surface area (Å²) in [5.74, 6) is -9.05. The number of anilines is 3. The van der Waals surface area contributed by atoms with Gasteiger partial charge in [0.1, 0.15) is 23.7 Å². The number of carbonyl (C=O) groups is 11. The zero-order chi connectivity index (χ0) is 105. The number of halogens is 3. The first-order valence-corrected chi connectivity index (χ1v) is 54.6. The van der Waals surface area contributed by atoms with Crippen LogP contribution in [0, 0.1) is 62.6 Å². The second-order valence-corrected chi connectivity index (χ2v) is 50.3. The molecule has 0 spiro atoms. The summed E-state index contributed by atoms with van der Waals surface area (Å²) in [5, 5.41) is -1.77. The van der Waals surface area contributed by atoms with Crippen molar-refractivity contribution < 1.29 is 101 Å². The SMILES string of the molecule is C=C[C@@H]1C[C@]1(CC(=O)[C@@H]1CN(c2ccc(-c3ccccc3)cc2)CN1C(=O)[C@@H](CC(=O)OC(C)(C)C(F)(F)F)C(C)(C)C)C(=O)NS(=O)(=O)C1CC1.C=C[C@@H]1C[C@]1(CC(=O)[C@@H]1CN(c2ccc(-c3ccccc3)cc2)CN1C(=O)[C@@H](CC(=O)OC(C)(C)C)C(C)(C)C)C(=O)NS(=O)(=O)C1CC1.C[C@H]1CCCCC/C=C\[C@@H]2C[C@@]2(C(=O)NS(=O)(=O)C2CC2)CC(=O)[C@@H]2CN(c3ccc(-c4ccccc4)cc3)CN2C1=O. The van der Waals surface area contributed by atoms with Crippen LogP contribution in [-0.2, 0) is 92.3 Å². The molecule has 3 N–H and O–H groups in total. The Bertz CT molecular complexity index is 6220. The lowest BCUT2D eigenvalue weighted by molar-refractivity contribution is -0.257. The van der Waals surface area contributed by atoms with Crippen molar-refractivity contribution in [1.29, 1.82) is 0 Å². The van der Waals surface area contributed by atoms with E-state index in [0.29, 0.717) is 70.3 Å². The molecule has 6 saturated carbocycles. The zero-order valence-corrected chi connectivity index (χ0v) is 86.7. The van der Waals surface area contributed by atoms with Gasteiger partial charge in [-0.1, -0.05) is 213 Å². The van der Waals surface area contributed by atoms with Crippen LogP contribution in [0.25, 0.3) is 33.4 Å². The molecule has 6 aliphatic carbocycles. The van der Waals surface area contributed by atoms with Crippen LogP contribution < -0.4 is 28.9 Å². The van der Waals surface area contributed by atoms with E-state index in [0.717, 1.165) is 90.7 Å². The Morgan fingerprint density at radius 2 is 0.819 bits per heavy atom. The van der Waals surface area contributed by atoms with E-state index in [2.05, 4.69) is 50.4 Å². The molecule has 9 fully saturated rings. The first-order valence-electron chi connectivity index (χ1n) is 49.9. The lowest BCUT2D eigenvalue weighted by atomic mass is 9.77. The van der Waals surface area contributed by atoms with E-state index in [4.69, 9.17) is 9.47 Å². The van der Waals surface area contributed by atoms with Crippen molar-refractivity contribution in [2.24, 2.45) is 62.6 Å². The normalized spacial score (nSPS) is 24.8. The summed E-state index contributed by atoms with van der Waals surface area (Å²) in [6.07, 6.45) is 9.25. The molecule has 144 heavy (non-hydrogen) atoms. The summed E-state index contributed by atoms with van der Waals surface area (Å²) in [6, 6.07) is 50.5. The minimum absolute atomic E-state index is 0.0223. The standard InChI is InChI=1S/C38H46F3N3O7S.C38H49N3O7S.C34H41N3O5S/c1-7-26-20-37(26,34(48)42-52(49,50)28-17-18-28)21-31(45)30-22-43(27-15-13-25(14-16-27)24-11-9-8-10-12-24)23-44(30)33(47)29(35(2,3)4)19-32(46)51-36(5,6)38(39,40)41;1-8-27-21-38(27,35(45)39-49(46,47)29-18-19-29)22-32(42)31-23-40(28-16-14-26(15-17-28)25-12-10-9-11-13-25)24-41(31)34(44)30(36(2,3)4)20-33(43)48-37(5,6)7;1-24-10-6-3-2-4-9-13-27-20-34(27,33(40)35-43(41,42)29-18-19-29)21-31(38)30-22-36(23-37(30)32(24)39)28-16-14-26(15-17-28)25-11-7-5-8-12-25/h7-16,26,28-30H,1,17-23H2,2-6H3,(H,42,48);8-17,27,29-31H,1,18-24H2,2-7H3,(H,39,45);5,7-9,11-17,24,27,29-30H,2-4,6,10,18-23H2,1H3,(H,35,40)/b;;13-9-/t26-,29-,30+,37-;27-,30-,31+,38-;24-,27+,30-,34+/m110/s1. The van der Waals surface area contributed by atoms with E-state index >= 15 is 0 Å². The van der Waals surface area contributed by atoms with Gasteiger partial charge < -0.3 is 38.9 Å². The molecule has 6 aromatic rings. The highest BCUT2D eigenvalue weighted by Crippen LogP contribution is 2.60. The van der Waals surface area contributed by atoms with E-state index in [1.54, 1.807) is 52.5 Å². The van der Waals surface area contributed by atoms with Crippen LogP contribution in [0.4, 0.5) is 30.2 Å². The molecule has 6 aromatic carbocycles. The number of ether oxygens (including phenoxy) is 2. The van der Waals surface area contributed by atoms with Crippen LogP contribution in [0.1, 0.15) is 205 Å². The third-order valence-corrected chi connectivity index (χ3v) is 35.3. The Morgan fingerprint density at radius 3 is 1.17 bits per heavy atom. The van der Waals surface area contributed by atoms with Gasteiger partial charge in [-0.2, -0.15) is 13.2 Å². The van der Waals surface area contributed by atoms with Crippen LogP contribution in [0.2, 0.25) is 0 Å². The van der Waals surface area contributed by atoms with Gasteiger partial charge in [0.2, 0.25) is 71.1 Å². The van der Waals surface area contributed by atoms with Crippen LogP contribution in [-0.4, -0.2) is 196 Å². The Balaban J connectivity index is 0.000000172. The minimum Gasteiger partial charge on any atom is -0.460 e. The number of hydrogen-bond donors (Lipinski definition) is 3. The minimum atomic E-state index is -4.85. The number of sulfonamides is 3. The van der Waals surface area contributed by atoms with Gasteiger partial charge in [-0.05, 0) is 210 Å². The number of rotatable bonds is 30. The number of amides is 6. The maximum atomic E-state index is 14.5. The van der Waals surface area contributed by atoms with Gasteiger partial charge in [0.25, 0.3) is 0 Å². The van der Waals surface area contributed by atoms with Crippen molar-refractivity contribution in [1.82, 2.24) is 28.9 Å². The van der Waals surface area contributed by atoms with Gasteiger partial charge in [0.05, 0.1) is 76.7 Å². The molecule has 0 aromatic heterocycles. The molecule has 4 aliphatic heterocycles. The summed E-state index contributed by atoms with van der Waals surface area (Å²) in [6.45, 7) is 27.8. The molecule has 10 aliphatic rings. The first-order chi connectivity index (χ1) is 67.6. The second-order valence-electron chi connectivity index (χ2n) is 44.4. The predicted molar refractivity (Wildman–Crippen MR) is 544 cm³/mol. The number of nitrogens with zero attached hydrogens (tertiary/aromatic N) is 6. The molecule has 12 atom stereocenters. The van der Waals surface area contributed by atoms with Gasteiger partial charge in [-0.25, -0.2) is 25.3 Å². The van der Waals surface area contributed by atoms with E-state index < -0.39 is 174 Å². The number of fused-ring (bicyclic) bond motifs is 2. The van der Waals surface area contributed by atoms with E-state index in [1.165, 1.54) is 15.9 Å². The van der Waals surface area contributed by atoms with E-state index in [1.807, 2.05) is 195 Å². The molecule has 4 heterocycles. The zero-order valence-electron chi connectivity index (χ0n) is 84.2. The van der Waals surface area contributed by atoms with Gasteiger partial charge in [-0.15, -0.1) is 13.2 Å². The van der Waals surface area contributed by atoms with Crippen molar-refractivity contribution in [3.05, 3.63) is 201 Å². The Morgan fingerprint density at radius 1 is 0.458 bits per heavy atom. The fraction of sp³-hybridized carbons (Fsp3) is 0.518. The van der Waals surface area contributed by atoms with Gasteiger partial charge in [0, 0.05) is 61.9 Å². The van der Waals surface area contributed by atoms with Gasteiger partial charge in [0.15, 0.2) is 17.3 Å². The molecule has 6 amide bonds. The van der Waals surface area contributed by atoms with Crippen LogP contribution in [0.15, 0.2) is 201 Å². The number of ketones is 3. The predicted octanol–water partition coefficient (Wildman–Crippen LogP) is 16.6. The fourth-order valence-corrected chi connectivity index (χ4v) is 24.1. The Hall–Kier alpha value is -11.7. The number of Topliss-reactive ketones (excluding diaryl/α,β-unsaturated/α-hetero) is 3. The monoisotopic (exact) mass is 2040 g/mol. The van der Waals surface area contributed by atoms with Crippen LogP contribution in [0.5, 0.6) is 0 Å². The smallest absolute Gasteiger partial charge is 0.427 e. The number of benzene rings is 6. The third kappa shape index (κ3) is 25.3. The lowest BCUT2D eigenvalue weighted by Crippen LogP contribution is -2.50. The molecular formula is C110H136F3N9O19S3. The van der Waals surface area contributed by atoms with Crippen molar-refractivity contribution >= 4 is 112 Å². The number of esters is 2. The van der Waals surface area contributed by atoms with Gasteiger partial charge in [-0.3, -0.25) is 66.9 Å². The molecule has 0 bridgehead atoms. The maximum absolute atomic E-state index is 14.5. The number of hydrogen-bond acceptors (Lipinski definition) is 22. The number of alkyl halides is 3. The molecule has 3 saturated heterocycles. The van der Waals surface area contributed by atoms with Crippen molar-refractivity contribution in [3.8, 4) is 33.4 Å². The molecular weight excluding hydrogens is 1900 g/mol. The highest BCUT2D eigenvalue weighted by atomic mass is 32.2. The highest BCUT2D eigenvalue weighted by molar-refractivity contribution is 7.91. The van der Waals surface area contributed by atoms with Gasteiger partial charge >= 0.3 is 18.1 Å². The quantitative estimate of drug-likeness (QED) is 0.0278. The third-order valence-electron chi connectivity index (χ3n) is 29.8. The number of carbonyl (C=O) groups excluding carboxylic acids is 11.